The van der Waals surface area contributed by atoms with Crippen molar-refractivity contribution in [2.75, 3.05) is 53.6 Å². The molecule has 0 aromatic carbocycles. The highest BCUT2D eigenvalue weighted by atomic mass is 32.1. The van der Waals surface area contributed by atoms with Crippen LogP contribution in [0, 0.1) is 0 Å². The second kappa shape index (κ2) is 9.14. The first kappa shape index (κ1) is 20.3. The highest BCUT2D eigenvalue weighted by Gasteiger charge is 2.42. The standard InChI is InChI=1S/C19H28N2O5S/c1-24-12-10-21-8-5-19(6-9-21)14-13-16(27-15(14)4-11-26-19)18(23)20-7-3-17(22)25-2/h13H,3-12H2,1-2H3,(H,20,23). The molecule has 0 aliphatic carbocycles. The molecular formula is C19H28N2O5S. The minimum atomic E-state index is -0.326. The Morgan fingerprint density at radius 2 is 2.11 bits per heavy atom. The lowest BCUT2D eigenvalue weighted by Crippen LogP contribution is -2.46. The zero-order valence-corrected chi connectivity index (χ0v) is 16.9. The molecular weight excluding hydrogens is 368 g/mol. The van der Waals surface area contributed by atoms with E-state index in [1.165, 1.54) is 17.6 Å². The maximum atomic E-state index is 12.5. The van der Waals surface area contributed by atoms with E-state index in [-0.39, 0.29) is 30.4 Å². The van der Waals surface area contributed by atoms with Gasteiger partial charge in [0.25, 0.3) is 5.91 Å². The first-order chi connectivity index (χ1) is 13.1. The number of hydrogen-bond donors (Lipinski definition) is 1. The van der Waals surface area contributed by atoms with Crippen LogP contribution < -0.4 is 5.32 Å². The molecule has 2 aliphatic heterocycles. The van der Waals surface area contributed by atoms with Crippen LogP contribution in [0.2, 0.25) is 0 Å². The number of ether oxygens (including phenoxy) is 3. The predicted molar refractivity (Wildman–Crippen MR) is 102 cm³/mol. The quantitative estimate of drug-likeness (QED) is 0.705. The number of likely N-dealkylation sites (tertiary alicyclic amines) is 1. The van der Waals surface area contributed by atoms with Crippen molar-refractivity contribution in [2.45, 2.75) is 31.3 Å². The van der Waals surface area contributed by atoms with Crippen molar-refractivity contribution in [1.29, 1.82) is 0 Å². The van der Waals surface area contributed by atoms with Gasteiger partial charge in [0.2, 0.25) is 0 Å². The SMILES string of the molecule is COCCN1CCC2(CC1)OCCc1sc(C(=O)NCCC(=O)OC)cc12. The average molecular weight is 397 g/mol. The van der Waals surface area contributed by atoms with Gasteiger partial charge in [-0.1, -0.05) is 0 Å². The zero-order chi connectivity index (χ0) is 19.3. The Hall–Kier alpha value is -1.48. The summed E-state index contributed by atoms with van der Waals surface area (Å²) in [6.45, 7) is 4.61. The zero-order valence-electron chi connectivity index (χ0n) is 16.0. The molecule has 3 rings (SSSR count). The van der Waals surface area contributed by atoms with E-state index in [9.17, 15) is 9.59 Å². The van der Waals surface area contributed by atoms with Gasteiger partial charge in [-0.05, 0) is 24.5 Å². The Morgan fingerprint density at radius 3 is 2.81 bits per heavy atom. The van der Waals surface area contributed by atoms with Gasteiger partial charge in [-0.3, -0.25) is 9.59 Å². The number of nitrogens with zero attached hydrogens (tertiary/aromatic N) is 1. The summed E-state index contributed by atoms with van der Waals surface area (Å²) in [6, 6.07) is 2.00. The molecule has 0 bridgehead atoms. The Labute approximate surface area is 164 Å². The molecule has 0 radical (unpaired) electrons. The molecule has 1 N–H and O–H groups in total. The van der Waals surface area contributed by atoms with Crippen molar-refractivity contribution < 1.29 is 23.8 Å². The predicted octanol–water partition coefficient (Wildman–Crippen LogP) is 1.55. The third-order valence-corrected chi connectivity index (χ3v) is 6.54. The fourth-order valence-corrected chi connectivity index (χ4v) is 4.92. The van der Waals surface area contributed by atoms with E-state index in [4.69, 9.17) is 9.47 Å². The smallest absolute Gasteiger partial charge is 0.307 e. The van der Waals surface area contributed by atoms with E-state index in [2.05, 4.69) is 15.0 Å². The lowest BCUT2D eigenvalue weighted by atomic mass is 9.82. The number of methoxy groups -OCH3 is 2. The summed E-state index contributed by atoms with van der Waals surface area (Å²) in [5.74, 6) is -0.459. The van der Waals surface area contributed by atoms with E-state index >= 15 is 0 Å². The summed E-state index contributed by atoms with van der Waals surface area (Å²) < 4.78 is 16.0. The molecule has 1 amide bonds. The lowest BCUT2D eigenvalue weighted by molar-refractivity contribution is -0.140. The molecule has 1 saturated heterocycles. The van der Waals surface area contributed by atoms with Crippen LogP contribution in [0.4, 0.5) is 0 Å². The van der Waals surface area contributed by atoms with Crippen LogP contribution in [0.1, 0.15) is 39.4 Å². The van der Waals surface area contributed by atoms with E-state index < -0.39 is 0 Å². The Bertz CT molecular complexity index is 667. The Morgan fingerprint density at radius 1 is 1.33 bits per heavy atom. The minimum absolute atomic E-state index is 0.133. The summed E-state index contributed by atoms with van der Waals surface area (Å²) >= 11 is 1.55. The van der Waals surface area contributed by atoms with Crippen LogP contribution in [-0.2, 0) is 31.0 Å². The van der Waals surface area contributed by atoms with Gasteiger partial charge >= 0.3 is 5.97 Å². The third kappa shape index (κ3) is 4.68. The van der Waals surface area contributed by atoms with Crippen LogP contribution in [0.15, 0.2) is 6.07 Å². The molecule has 7 nitrogen and oxygen atoms in total. The molecule has 0 saturated carbocycles. The van der Waals surface area contributed by atoms with E-state index in [0.717, 1.165) is 45.5 Å². The van der Waals surface area contributed by atoms with Crippen LogP contribution in [-0.4, -0.2) is 70.4 Å². The summed E-state index contributed by atoms with van der Waals surface area (Å²) in [5, 5.41) is 2.80. The van der Waals surface area contributed by atoms with Gasteiger partial charge in [0, 0.05) is 44.6 Å². The molecule has 27 heavy (non-hydrogen) atoms. The van der Waals surface area contributed by atoms with Crippen LogP contribution in [0.25, 0.3) is 0 Å². The molecule has 0 atom stereocenters. The largest absolute Gasteiger partial charge is 0.469 e. The van der Waals surface area contributed by atoms with E-state index in [0.29, 0.717) is 11.5 Å². The minimum Gasteiger partial charge on any atom is -0.469 e. The van der Waals surface area contributed by atoms with Crippen molar-refractivity contribution in [2.24, 2.45) is 0 Å². The number of amides is 1. The summed E-state index contributed by atoms with van der Waals surface area (Å²) in [5.41, 5.74) is 0.918. The summed E-state index contributed by atoms with van der Waals surface area (Å²) in [7, 11) is 3.07. The monoisotopic (exact) mass is 396 g/mol. The number of nitrogens with one attached hydrogen (secondary N) is 1. The van der Waals surface area contributed by atoms with Crippen molar-refractivity contribution >= 4 is 23.2 Å². The fraction of sp³-hybridized carbons (Fsp3) is 0.684. The maximum Gasteiger partial charge on any atom is 0.307 e. The van der Waals surface area contributed by atoms with Crippen molar-refractivity contribution in [1.82, 2.24) is 10.2 Å². The van der Waals surface area contributed by atoms with Gasteiger partial charge in [0.05, 0.1) is 37.2 Å². The Balaban J connectivity index is 1.64. The van der Waals surface area contributed by atoms with Gasteiger partial charge in [0.15, 0.2) is 0 Å². The third-order valence-electron chi connectivity index (χ3n) is 5.35. The molecule has 1 spiro atoms. The molecule has 3 heterocycles. The number of piperidine rings is 1. The average Bonchev–Trinajstić information content (AvgIpc) is 3.13. The topological polar surface area (TPSA) is 77.1 Å². The van der Waals surface area contributed by atoms with Crippen molar-refractivity contribution in [3.8, 4) is 0 Å². The molecule has 150 valence electrons. The van der Waals surface area contributed by atoms with Crippen LogP contribution >= 0.6 is 11.3 Å². The second-order valence-electron chi connectivity index (χ2n) is 6.96. The second-order valence-corrected chi connectivity index (χ2v) is 8.09. The van der Waals surface area contributed by atoms with Crippen molar-refractivity contribution in [3.05, 3.63) is 21.4 Å². The summed E-state index contributed by atoms with van der Waals surface area (Å²) in [6.07, 6.45) is 2.90. The van der Waals surface area contributed by atoms with Gasteiger partial charge in [-0.2, -0.15) is 0 Å². The Kier molecular flexibility index (Phi) is 6.86. The first-order valence-corrected chi connectivity index (χ1v) is 10.2. The highest BCUT2D eigenvalue weighted by Crippen LogP contribution is 2.44. The number of carbonyl (C=O) groups is 2. The van der Waals surface area contributed by atoms with Gasteiger partial charge in [0.1, 0.15) is 0 Å². The van der Waals surface area contributed by atoms with Gasteiger partial charge < -0.3 is 24.4 Å². The molecule has 1 aromatic heterocycles. The van der Waals surface area contributed by atoms with Crippen molar-refractivity contribution in [3.63, 3.8) is 0 Å². The molecule has 8 heteroatoms. The summed E-state index contributed by atoms with van der Waals surface area (Å²) in [4.78, 5) is 28.0. The fourth-order valence-electron chi connectivity index (χ4n) is 3.77. The number of esters is 1. The number of thiophene rings is 1. The highest BCUT2D eigenvalue weighted by molar-refractivity contribution is 7.14. The van der Waals surface area contributed by atoms with Gasteiger partial charge in [-0.25, -0.2) is 0 Å². The number of rotatable bonds is 7. The first-order valence-electron chi connectivity index (χ1n) is 9.41. The number of fused-ring (bicyclic) bond motifs is 2. The molecule has 1 aromatic rings. The molecule has 0 unspecified atom stereocenters. The molecule has 2 aliphatic rings. The van der Waals surface area contributed by atoms with E-state index in [1.54, 1.807) is 18.4 Å². The maximum absolute atomic E-state index is 12.5. The number of carbonyl (C=O) groups excluding carboxylic acids is 2. The van der Waals surface area contributed by atoms with Gasteiger partial charge in [-0.15, -0.1) is 11.3 Å². The van der Waals surface area contributed by atoms with Crippen LogP contribution in [0.3, 0.4) is 0 Å². The normalized spacial score (nSPS) is 18.9. The lowest BCUT2D eigenvalue weighted by Gasteiger charge is -2.44. The molecule has 1 fully saturated rings. The number of hydrogen-bond acceptors (Lipinski definition) is 7. The van der Waals surface area contributed by atoms with E-state index in [1.807, 2.05) is 6.07 Å². The van der Waals surface area contributed by atoms with Crippen LogP contribution in [0.5, 0.6) is 0 Å².